The number of nitrogens with zero attached hydrogens (tertiary/aromatic N) is 2. The van der Waals surface area contributed by atoms with Gasteiger partial charge in [0.25, 0.3) is 0 Å². The van der Waals surface area contributed by atoms with E-state index in [1.165, 1.54) is 5.56 Å². The maximum absolute atomic E-state index is 11.8. The van der Waals surface area contributed by atoms with Crippen molar-refractivity contribution >= 4 is 5.91 Å². The van der Waals surface area contributed by atoms with Crippen molar-refractivity contribution in [1.82, 2.24) is 9.80 Å². The number of fused-ring (bicyclic) bond motifs is 1. The largest absolute Gasteiger partial charge is 0.491 e. The van der Waals surface area contributed by atoms with E-state index in [-0.39, 0.29) is 24.7 Å². The molecule has 2 fully saturated rings. The van der Waals surface area contributed by atoms with Crippen molar-refractivity contribution in [2.45, 2.75) is 39.0 Å². The predicted octanol–water partition coefficient (Wildman–Crippen LogP) is 2.15. The molecule has 1 aromatic carbocycles. The second kappa shape index (κ2) is 7.53. The molecule has 2 aliphatic rings. The van der Waals surface area contributed by atoms with Crippen molar-refractivity contribution < 1.29 is 14.3 Å². The summed E-state index contributed by atoms with van der Waals surface area (Å²) in [6.07, 6.45) is 1.36. The zero-order chi connectivity index (χ0) is 17.1. The molecule has 1 aromatic rings. The van der Waals surface area contributed by atoms with Crippen molar-refractivity contribution in [3.05, 3.63) is 29.8 Å². The first-order chi connectivity index (χ1) is 11.5. The molecular weight excluding hydrogens is 304 g/mol. The second-order valence-electron chi connectivity index (χ2n) is 7.18. The van der Waals surface area contributed by atoms with Gasteiger partial charge in [-0.1, -0.05) is 18.2 Å². The molecule has 0 spiro atoms. The van der Waals surface area contributed by atoms with Gasteiger partial charge in [-0.25, -0.2) is 0 Å². The van der Waals surface area contributed by atoms with Crippen LogP contribution in [0.5, 0.6) is 5.75 Å². The molecule has 0 aliphatic carbocycles. The minimum Gasteiger partial charge on any atom is -0.491 e. The van der Waals surface area contributed by atoms with Crippen LogP contribution in [0.4, 0.5) is 0 Å². The first-order valence-corrected chi connectivity index (χ1v) is 8.85. The van der Waals surface area contributed by atoms with Crippen LogP contribution in [0.25, 0.3) is 0 Å². The summed E-state index contributed by atoms with van der Waals surface area (Å²) in [5, 5.41) is 0. The van der Waals surface area contributed by atoms with Crippen LogP contribution in [0.15, 0.2) is 24.3 Å². The number of carbonyl (C=O) groups excluding carboxylic acids is 1. The Kier molecular flexibility index (Phi) is 5.41. The van der Waals surface area contributed by atoms with E-state index >= 15 is 0 Å². The number of ether oxygens (including phenoxy) is 2. The van der Waals surface area contributed by atoms with Crippen LogP contribution in [0.2, 0.25) is 0 Å². The smallest absolute Gasteiger partial charge is 0.248 e. The van der Waals surface area contributed by atoms with Gasteiger partial charge in [0, 0.05) is 44.7 Å². The molecule has 132 valence electrons. The molecule has 2 heterocycles. The average molecular weight is 332 g/mol. The molecule has 5 heteroatoms. The minimum atomic E-state index is 0.0895. The zero-order valence-electron chi connectivity index (χ0n) is 14.9. The fourth-order valence-corrected chi connectivity index (χ4v) is 3.61. The van der Waals surface area contributed by atoms with E-state index in [0.717, 1.165) is 38.3 Å². The lowest BCUT2D eigenvalue weighted by Gasteiger charge is -2.38. The Balaban J connectivity index is 1.66. The zero-order valence-corrected chi connectivity index (χ0v) is 14.9. The molecule has 5 nitrogen and oxygen atoms in total. The van der Waals surface area contributed by atoms with Gasteiger partial charge in [-0.3, -0.25) is 9.69 Å². The van der Waals surface area contributed by atoms with E-state index in [2.05, 4.69) is 30.9 Å². The minimum absolute atomic E-state index is 0.0895. The Hall–Kier alpha value is -1.59. The van der Waals surface area contributed by atoms with Crippen LogP contribution in [0.3, 0.4) is 0 Å². The number of piperidine rings is 1. The van der Waals surface area contributed by atoms with Gasteiger partial charge in [0.1, 0.15) is 12.4 Å². The van der Waals surface area contributed by atoms with Gasteiger partial charge >= 0.3 is 0 Å². The molecule has 1 amide bonds. The lowest BCUT2D eigenvalue weighted by Crippen LogP contribution is -2.46. The molecular formula is C19H28N2O3. The van der Waals surface area contributed by atoms with Gasteiger partial charge in [-0.2, -0.15) is 0 Å². The van der Waals surface area contributed by atoms with Gasteiger partial charge in [0.15, 0.2) is 0 Å². The number of likely N-dealkylation sites (tertiary alicyclic amines) is 1. The first kappa shape index (κ1) is 17.2. The lowest BCUT2D eigenvalue weighted by atomic mass is 9.94. The Morgan fingerprint density at radius 3 is 2.88 bits per heavy atom. The average Bonchev–Trinajstić information content (AvgIpc) is 2.68. The van der Waals surface area contributed by atoms with Gasteiger partial charge in [0.05, 0.1) is 12.2 Å². The number of hydrogen-bond acceptors (Lipinski definition) is 4. The molecule has 0 aromatic heterocycles. The summed E-state index contributed by atoms with van der Waals surface area (Å²) in [7, 11) is 1.87. The van der Waals surface area contributed by atoms with Gasteiger partial charge in [0.2, 0.25) is 5.91 Å². The monoisotopic (exact) mass is 332 g/mol. The van der Waals surface area contributed by atoms with Gasteiger partial charge in [-0.05, 0) is 26.3 Å². The Labute approximate surface area is 144 Å². The number of para-hydroxylation sites is 1. The highest BCUT2D eigenvalue weighted by molar-refractivity contribution is 5.77. The molecule has 3 rings (SSSR count). The van der Waals surface area contributed by atoms with Crippen molar-refractivity contribution in [1.29, 1.82) is 0 Å². The normalized spacial score (nSPS) is 25.5. The number of amides is 1. The lowest BCUT2D eigenvalue weighted by molar-refractivity contribution is -0.133. The van der Waals surface area contributed by atoms with E-state index < -0.39 is 0 Å². The van der Waals surface area contributed by atoms with Gasteiger partial charge < -0.3 is 14.4 Å². The summed E-state index contributed by atoms with van der Waals surface area (Å²) in [5.74, 6) is 1.44. The van der Waals surface area contributed by atoms with Crippen LogP contribution in [0.1, 0.15) is 25.8 Å². The van der Waals surface area contributed by atoms with Crippen molar-refractivity contribution in [3.63, 3.8) is 0 Å². The van der Waals surface area contributed by atoms with Crippen molar-refractivity contribution in [2.75, 3.05) is 33.3 Å². The molecule has 0 saturated carbocycles. The van der Waals surface area contributed by atoms with E-state index in [4.69, 9.17) is 9.47 Å². The van der Waals surface area contributed by atoms with E-state index in [9.17, 15) is 4.79 Å². The maximum atomic E-state index is 11.8. The third-order valence-corrected chi connectivity index (χ3v) is 4.83. The fraction of sp³-hybridized carbons (Fsp3) is 0.632. The summed E-state index contributed by atoms with van der Waals surface area (Å²) in [5.41, 5.74) is 1.23. The molecule has 24 heavy (non-hydrogen) atoms. The van der Waals surface area contributed by atoms with Crippen LogP contribution in [-0.4, -0.2) is 61.2 Å². The van der Waals surface area contributed by atoms with Crippen LogP contribution in [0, 0.1) is 5.92 Å². The highest BCUT2D eigenvalue weighted by Gasteiger charge is 2.34. The quantitative estimate of drug-likeness (QED) is 0.847. The summed E-state index contributed by atoms with van der Waals surface area (Å²) in [4.78, 5) is 16.1. The summed E-state index contributed by atoms with van der Waals surface area (Å²) in [6, 6.07) is 8.27. The number of carbonyl (C=O) groups is 1. The topological polar surface area (TPSA) is 42.0 Å². The van der Waals surface area contributed by atoms with E-state index in [0.29, 0.717) is 5.92 Å². The molecule has 2 saturated heterocycles. The molecule has 0 radical (unpaired) electrons. The molecule has 2 aliphatic heterocycles. The number of likely N-dealkylation sites (N-methyl/N-ethyl adjacent to an activating group) is 1. The molecule has 0 unspecified atom stereocenters. The Morgan fingerprint density at radius 1 is 1.29 bits per heavy atom. The van der Waals surface area contributed by atoms with E-state index in [1.807, 2.05) is 24.1 Å². The second-order valence-corrected chi connectivity index (χ2v) is 7.18. The van der Waals surface area contributed by atoms with Crippen LogP contribution < -0.4 is 4.74 Å². The SMILES string of the molecule is CC(C)Oc1ccccc1CN1CC[C@@H]2OCC(=O)N(C)C[C@H]2C1. The van der Waals surface area contributed by atoms with E-state index in [1.54, 1.807) is 0 Å². The highest BCUT2D eigenvalue weighted by Crippen LogP contribution is 2.27. The van der Waals surface area contributed by atoms with Crippen molar-refractivity contribution in [2.24, 2.45) is 5.92 Å². The van der Waals surface area contributed by atoms with Crippen molar-refractivity contribution in [3.8, 4) is 5.75 Å². The maximum Gasteiger partial charge on any atom is 0.248 e. The first-order valence-electron chi connectivity index (χ1n) is 8.85. The number of rotatable bonds is 4. The highest BCUT2D eigenvalue weighted by atomic mass is 16.5. The predicted molar refractivity (Wildman–Crippen MR) is 93.0 cm³/mol. The Morgan fingerprint density at radius 2 is 2.08 bits per heavy atom. The summed E-state index contributed by atoms with van der Waals surface area (Å²) in [6.45, 7) is 7.94. The summed E-state index contributed by atoms with van der Waals surface area (Å²) < 4.78 is 11.8. The standard InChI is InChI=1S/C19H28N2O3/c1-14(2)24-18-7-5-4-6-15(18)11-21-9-8-17-16(12-21)10-20(3)19(22)13-23-17/h4-7,14,16-17H,8-13H2,1-3H3/t16-,17-/m0/s1. The fourth-order valence-electron chi connectivity index (χ4n) is 3.61. The third kappa shape index (κ3) is 4.08. The molecule has 0 bridgehead atoms. The number of benzene rings is 1. The summed E-state index contributed by atoms with van der Waals surface area (Å²) >= 11 is 0. The molecule has 2 atom stereocenters. The van der Waals surface area contributed by atoms with Crippen LogP contribution in [-0.2, 0) is 16.1 Å². The molecule has 0 N–H and O–H groups in total. The number of hydrogen-bond donors (Lipinski definition) is 0. The Bertz CT molecular complexity index is 575. The van der Waals surface area contributed by atoms with Gasteiger partial charge in [-0.15, -0.1) is 0 Å². The van der Waals surface area contributed by atoms with Crippen LogP contribution >= 0.6 is 0 Å². The third-order valence-electron chi connectivity index (χ3n) is 4.83.